The van der Waals surface area contributed by atoms with Crippen LogP contribution in [0.3, 0.4) is 0 Å². The second kappa shape index (κ2) is 31.7. The Balaban J connectivity index is 0.568. The van der Waals surface area contributed by atoms with Crippen LogP contribution in [0.15, 0.2) is 120 Å². The smallest absolute Gasteiger partial charge is 0.416 e. The fourth-order valence-electron chi connectivity index (χ4n) is 15.0. The van der Waals surface area contributed by atoms with E-state index in [9.17, 15) is 48.3 Å². The molecule has 25 heteroatoms. The lowest BCUT2D eigenvalue weighted by Gasteiger charge is -2.31. The molecule has 6 aliphatic rings. The Morgan fingerprint density at radius 2 is 1.43 bits per heavy atom. The molecule has 2 aromatic heterocycles. The maximum absolute atomic E-state index is 14.5. The number of carbonyl (C=O) groups excluding carboxylic acids is 9. The lowest BCUT2D eigenvalue weighted by atomic mass is 9.89. The molecule has 1 aliphatic carbocycles. The molecule has 1 saturated carbocycles. The van der Waals surface area contributed by atoms with E-state index < -0.39 is 47.9 Å². The molecule has 7 heterocycles. The third-order valence-electron chi connectivity index (χ3n) is 21.2. The molecule has 6 amide bonds. The maximum atomic E-state index is 14.5. The van der Waals surface area contributed by atoms with Gasteiger partial charge in [-0.05, 0) is 145 Å². The predicted molar refractivity (Wildman–Crippen MR) is 396 cm³/mol. The predicted octanol–water partition coefficient (Wildman–Crippen LogP) is 11.4. The minimum atomic E-state index is -1.48. The van der Waals surface area contributed by atoms with Crippen molar-refractivity contribution in [2.45, 2.75) is 162 Å². The van der Waals surface area contributed by atoms with Gasteiger partial charge >= 0.3 is 6.09 Å². The summed E-state index contributed by atoms with van der Waals surface area (Å²) in [5.41, 5.74) is 9.75. The van der Waals surface area contributed by atoms with E-state index in [1.807, 2.05) is 89.6 Å². The highest BCUT2D eigenvalue weighted by Crippen LogP contribution is 2.57. The first-order valence-corrected chi connectivity index (χ1v) is 37.4. The van der Waals surface area contributed by atoms with Gasteiger partial charge in [-0.15, -0.1) is 5.10 Å². The number of aryl methyl sites for hydroxylation is 1. The first kappa shape index (κ1) is 73.8. The number of nitrogens with one attached hydrogen (secondary N) is 2. The lowest BCUT2D eigenvalue weighted by Crippen LogP contribution is -2.50. The Morgan fingerprint density at radius 1 is 0.736 bits per heavy atom. The summed E-state index contributed by atoms with van der Waals surface area (Å²) in [4.78, 5) is 130. The van der Waals surface area contributed by atoms with Crippen molar-refractivity contribution in [3.05, 3.63) is 159 Å². The van der Waals surface area contributed by atoms with Crippen LogP contribution in [0, 0.1) is 17.3 Å². The number of rotatable bonds is 28. The summed E-state index contributed by atoms with van der Waals surface area (Å²) in [7, 11) is 2.99. The molecule has 106 heavy (non-hydrogen) atoms. The molecule has 13 rings (SSSR count). The average Bonchev–Trinajstić information content (AvgIpc) is 1.74. The number of aliphatic hydroxyl groups excluding tert-OH is 1. The number of thiophene rings is 1. The van der Waals surface area contributed by atoms with Gasteiger partial charge in [-0.2, -0.15) is 11.3 Å². The number of amides is 6. The molecule has 1 unspecified atom stereocenters. The number of ether oxygens (including phenoxy) is 5. The average molecular weight is 1460 g/mol. The molecule has 24 nitrogen and oxygen atoms in total. The first-order valence-electron chi connectivity index (χ1n) is 36.4. The number of methoxy groups -OCH3 is 2. The summed E-state index contributed by atoms with van der Waals surface area (Å²) in [6, 6.07) is 29.3. The number of fused-ring (bicyclic) bond motifs is 9. The fraction of sp³-hybridized carbons (Fsp3) is 0.420. The summed E-state index contributed by atoms with van der Waals surface area (Å²) in [5.74, 6) is -2.48. The third-order valence-corrected chi connectivity index (χ3v) is 21.9. The van der Waals surface area contributed by atoms with E-state index in [4.69, 9.17) is 23.7 Å². The zero-order valence-electron chi connectivity index (χ0n) is 60.7. The summed E-state index contributed by atoms with van der Waals surface area (Å²) in [5, 5.41) is 30.8. The summed E-state index contributed by atoms with van der Waals surface area (Å²) >= 11 is 1.63. The normalized spacial score (nSPS) is 17.9. The molecular weight excluding hydrogens is 1370 g/mol. The number of ketones is 3. The number of anilines is 2. The largest absolute Gasteiger partial charge is 0.493 e. The van der Waals surface area contributed by atoms with E-state index in [2.05, 4.69) is 32.4 Å². The van der Waals surface area contributed by atoms with E-state index in [0.717, 1.165) is 69.7 Å². The fourth-order valence-corrected chi connectivity index (χ4v) is 15.7. The van der Waals surface area contributed by atoms with Gasteiger partial charge in [0.15, 0.2) is 40.8 Å². The lowest BCUT2D eigenvalue weighted by molar-refractivity contribution is -0.133. The van der Waals surface area contributed by atoms with Crippen LogP contribution in [0.1, 0.15) is 160 Å². The third kappa shape index (κ3) is 15.7. The van der Waals surface area contributed by atoms with Crippen molar-refractivity contribution >= 4 is 81.3 Å². The van der Waals surface area contributed by atoms with Gasteiger partial charge in [0.1, 0.15) is 18.1 Å². The molecule has 0 bridgehead atoms. The quantitative estimate of drug-likeness (QED) is 0.0384. The van der Waals surface area contributed by atoms with Gasteiger partial charge < -0.3 is 54.1 Å². The van der Waals surface area contributed by atoms with Crippen molar-refractivity contribution in [2.75, 3.05) is 50.3 Å². The van der Waals surface area contributed by atoms with Crippen LogP contribution in [0.25, 0.3) is 28.1 Å². The van der Waals surface area contributed by atoms with E-state index in [1.165, 1.54) is 26.4 Å². The minimum absolute atomic E-state index is 0.0321. The van der Waals surface area contributed by atoms with Gasteiger partial charge in [-0.25, -0.2) is 14.4 Å². The standard InChI is InChI=1S/C81H89N9O15S/c1-47(2)61(36-58(92)41-82-72(94)25-23-57(91)24-26-73(95)87-42-53-13-8-9-14-59(53)75-74(84-85-90(75)48(3)4)60-15-10-11-16-64(60)87)76(96)83-49(5)67(93)33-50-17-19-51(20-18-50)44-105-80(100)89-65-39-71(69(102-7)38-63(65)78(98)88-46-81(28-29-81)40-66(88)79(89)99)104-31-12-30-103-70-35-52-21-22-56-34-55(54-27-32-106-45-54)43-86(56)77(97)62(52)37-68(70)101-6/h8-11,13-20,27,32,35,37-39,43,45,47-49,56,61,66,79,99H,12,21-26,28-31,33-34,36,40-42,44,46H2,1-7H3,(H,82,94)(H,83,96)/t49-,56+,61-,66-,79?/m0/s1. The van der Waals surface area contributed by atoms with Gasteiger partial charge in [-0.1, -0.05) is 85.8 Å². The van der Waals surface area contributed by atoms with Gasteiger partial charge in [0, 0.05) is 98.4 Å². The van der Waals surface area contributed by atoms with Crippen LogP contribution in [-0.4, -0.2) is 148 Å². The number of aliphatic hydroxyl groups is 1. The first-order chi connectivity index (χ1) is 51.1. The number of Topliss-reactive ketones (excluding diaryl/α,β-unsaturated/α-hetero) is 3. The van der Waals surface area contributed by atoms with Crippen LogP contribution in [-0.2, 0) is 59.5 Å². The van der Waals surface area contributed by atoms with Gasteiger partial charge in [0.2, 0.25) is 17.7 Å². The summed E-state index contributed by atoms with van der Waals surface area (Å²) in [6.07, 6.45) is 3.77. The van der Waals surface area contributed by atoms with Crippen molar-refractivity contribution in [2.24, 2.45) is 17.3 Å². The molecule has 2 fully saturated rings. The molecule has 1 spiro atoms. The van der Waals surface area contributed by atoms with Crippen molar-refractivity contribution < 1.29 is 71.9 Å². The number of nitrogens with zero attached hydrogens (tertiary/aromatic N) is 7. The van der Waals surface area contributed by atoms with E-state index in [-0.39, 0.29) is 147 Å². The molecule has 1 saturated heterocycles. The second-order valence-electron chi connectivity index (χ2n) is 29.1. The molecule has 554 valence electrons. The SMILES string of the molecule is COc1cc2c(cc1OCCCOc1cc3c(cc1OC)C(=O)N1CC4(CC4)C[C@H]1C(O)N3C(=O)OCc1ccc(CC(=O)[C@H](C)NC(=O)[C@@H](CC(=O)CNC(=O)CCC(=O)CCC(=O)N3Cc4ccccc4-c4c(nnn4C(C)C)-c4ccccc43)C(C)C)cc1)CC[C@@H]1CC(c3ccsc3)=CN1C2=O. The van der Waals surface area contributed by atoms with Crippen LogP contribution in [0.2, 0.25) is 0 Å². The Kier molecular flexibility index (Phi) is 22.0. The van der Waals surface area contributed by atoms with Crippen LogP contribution < -0.4 is 39.4 Å². The highest BCUT2D eigenvalue weighted by Gasteiger charge is 2.58. The minimum Gasteiger partial charge on any atom is -0.493 e. The van der Waals surface area contributed by atoms with Crippen molar-refractivity contribution in [3.8, 4) is 45.5 Å². The highest BCUT2D eigenvalue weighted by atomic mass is 32.1. The molecule has 7 aromatic rings. The number of benzene rings is 5. The maximum Gasteiger partial charge on any atom is 0.416 e. The monoisotopic (exact) mass is 1460 g/mol. The Bertz CT molecular complexity index is 4580. The molecule has 5 atom stereocenters. The second-order valence-corrected chi connectivity index (χ2v) is 29.9. The number of aromatic nitrogens is 3. The Hall–Kier alpha value is -10.5. The van der Waals surface area contributed by atoms with Crippen molar-refractivity contribution in [1.29, 1.82) is 0 Å². The van der Waals surface area contributed by atoms with E-state index in [0.29, 0.717) is 65.4 Å². The zero-order chi connectivity index (χ0) is 74.7. The number of hydrogen-bond acceptors (Lipinski definition) is 18. The highest BCUT2D eigenvalue weighted by molar-refractivity contribution is 7.08. The number of para-hydroxylation sites is 1. The van der Waals surface area contributed by atoms with Gasteiger partial charge in [0.05, 0.1) is 75.2 Å². The molecule has 3 N–H and O–H groups in total. The molecule has 5 aromatic carbocycles. The van der Waals surface area contributed by atoms with E-state index in [1.54, 1.807) is 72.2 Å². The van der Waals surface area contributed by atoms with Crippen molar-refractivity contribution in [3.63, 3.8) is 0 Å². The summed E-state index contributed by atoms with van der Waals surface area (Å²) in [6.45, 7) is 9.64. The van der Waals surface area contributed by atoms with Crippen LogP contribution in [0.4, 0.5) is 16.2 Å². The molecule has 0 radical (unpaired) electrons. The topological polar surface area (TPSA) is 288 Å². The Labute approximate surface area is 619 Å². The van der Waals surface area contributed by atoms with E-state index >= 15 is 0 Å². The summed E-state index contributed by atoms with van der Waals surface area (Å²) < 4.78 is 31.9. The van der Waals surface area contributed by atoms with Crippen molar-refractivity contribution in [1.82, 2.24) is 35.4 Å². The molecule has 5 aliphatic heterocycles. The molecular formula is C81H89N9O15S. The zero-order valence-corrected chi connectivity index (χ0v) is 61.5. The van der Waals surface area contributed by atoms with Gasteiger partial charge in [0.25, 0.3) is 11.8 Å². The van der Waals surface area contributed by atoms with Crippen LogP contribution in [0.5, 0.6) is 23.0 Å². The number of carbonyl (C=O) groups is 9. The van der Waals surface area contributed by atoms with Crippen LogP contribution >= 0.6 is 11.3 Å². The van der Waals surface area contributed by atoms with Gasteiger partial charge in [-0.3, -0.25) is 38.4 Å². The number of hydrogen-bond donors (Lipinski definition) is 3. The Morgan fingerprint density at radius 3 is 2.14 bits per heavy atom.